The minimum absolute atomic E-state index is 0.181. The molecule has 0 atom stereocenters. The number of amides is 3. The van der Waals surface area contributed by atoms with Gasteiger partial charge in [0.15, 0.2) is 0 Å². The second-order valence-corrected chi connectivity index (χ2v) is 8.54. The van der Waals surface area contributed by atoms with Gasteiger partial charge < -0.3 is 10.1 Å². The van der Waals surface area contributed by atoms with E-state index in [-0.39, 0.29) is 18.3 Å². The van der Waals surface area contributed by atoms with E-state index in [0.29, 0.717) is 10.6 Å². The first-order valence-electron chi connectivity index (χ1n) is 9.10. The van der Waals surface area contributed by atoms with Gasteiger partial charge in [-0.2, -0.15) is 0 Å². The highest BCUT2D eigenvalue weighted by atomic mass is 32.2. The van der Waals surface area contributed by atoms with Gasteiger partial charge in [0.05, 0.1) is 17.9 Å². The number of anilines is 1. The van der Waals surface area contributed by atoms with E-state index in [9.17, 15) is 14.4 Å². The quantitative estimate of drug-likeness (QED) is 0.688. The highest BCUT2D eigenvalue weighted by Gasteiger charge is 2.28. The Hall–Kier alpha value is -2.32. The number of alkyl carbamates (subject to hydrolysis) is 1. The maximum absolute atomic E-state index is 12.6. The van der Waals surface area contributed by atoms with Crippen molar-refractivity contribution in [3.63, 3.8) is 0 Å². The topological polar surface area (TPSA) is 84.5 Å². The summed E-state index contributed by atoms with van der Waals surface area (Å²) in [6.45, 7) is 3.87. The highest BCUT2D eigenvalue weighted by Crippen LogP contribution is 2.39. The molecule has 1 aliphatic carbocycles. The van der Waals surface area contributed by atoms with Crippen molar-refractivity contribution < 1.29 is 19.1 Å². The Balaban J connectivity index is 1.69. The van der Waals surface area contributed by atoms with Crippen LogP contribution in [0.1, 0.15) is 39.7 Å². The van der Waals surface area contributed by atoms with Gasteiger partial charge in [0.25, 0.3) is 5.91 Å². The summed E-state index contributed by atoms with van der Waals surface area (Å²) in [4.78, 5) is 38.8. The molecule has 0 radical (unpaired) electrons. The summed E-state index contributed by atoms with van der Waals surface area (Å²) < 4.78 is 4.79. The van der Waals surface area contributed by atoms with Crippen LogP contribution in [-0.2, 0) is 22.4 Å². The molecule has 1 heterocycles. The lowest BCUT2D eigenvalue weighted by molar-refractivity contribution is -0.113. The van der Waals surface area contributed by atoms with E-state index in [1.165, 1.54) is 28.7 Å². The molecule has 0 bridgehead atoms. The van der Waals surface area contributed by atoms with Gasteiger partial charge in [-0.15, -0.1) is 23.1 Å². The maximum Gasteiger partial charge on any atom is 0.414 e. The molecular formula is C20H22N2O4S2. The Bertz CT molecular complexity index is 890. The normalized spacial score (nSPS) is 12.4. The zero-order valence-corrected chi connectivity index (χ0v) is 17.4. The Morgan fingerprint density at radius 2 is 1.93 bits per heavy atom. The van der Waals surface area contributed by atoms with E-state index in [0.717, 1.165) is 34.6 Å². The predicted octanol–water partition coefficient (Wildman–Crippen LogP) is 4.16. The summed E-state index contributed by atoms with van der Waals surface area (Å²) >= 11 is 2.85. The van der Waals surface area contributed by atoms with Crippen molar-refractivity contribution in [3.05, 3.63) is 45.8 Å². The Kier molecular flexibility index (Phi) is 6.74. The monoisotopic (exact) mass is 418 g/mol. The van der Waals surface area contributed by atoms with Crippen LogP contribution in [0.2, 0.25) is 0 Å². The fraction of sp³-hybridized carbons (Fsp3) is 0.350. The number of hydrogen-bond acceptors (Lipinski definition) is 6. The highest BCUT2D eigenvalue weighted by molar-refractivity contribution is 8.00. The lowest BCUT2D eigenvalue weighted by atomic mass is 10.1. The Morgan fingerprint density at radius 3 is 2.64 bits per heavy atom. The third-order valence-corrected chi connectivity index (χ3v) is 6.50. The summed E-state index contributed by atoms with van der Waals surface area (Å²) in [6, 6.07) is 7.96. The van der Waals surface area contributed by atoms with Gasteiger partial charge in [-0.25, -0.2) is 4.79 Å². The van der Waals surface area contributed by atoms with Crippen molar-refractivity contribution in [2.45, 2.75) is 38.0 Å². The zero-order chi connectivity index (χ0) is 20.1. The number of aryl methyl sites for hydroxylation is 2. The van der Waals surface area contributed by atoms with Crippen molar-refractivity contribution in [3.8, 4) is 0 Å². The summed E-state index contributed by atoms with van der Waals surface area (Å²) in [5.74, 6) is -0.472. The first-order valence-corrected chi connectivity index (χ1v) is 10.9. The second-order valence-electron chi connectivity index (χ2n) is 6.39. The fourth-order valence-electron chi connectivity index (χ4n) is 3.00. The molecule has 3 amide bonds. The van der Waals surface area contributed by atoms with Crippen LogP contribution in [0.25, 0.3) is 0 Å². The van der Waals surface area contributed by atoms with E-state index in [4.69, 9.17) is 4.74 Å². The average molecular weight is 419 g/mol. The molecule has 0 spiro atoms. The van der Waals surface area contributed by atoms with Crippen LogP contribution in [0.3, 0.4) is 0 Å². The minimum Gasteiger partial charge on any atom is -0.450 e. The van der Waals surface area contributed by atoms with Crippen molar-refractivity contribution in [2.24, 2.45) is 0 Å². The van der Waals surface area contributed by atoms with E-state index in [1.54, 1.807) is 6.92 Å². The Labute approximate surface area is 172 Å². The van der Waals surface area contributed by atoms with Crippen molar-refractivity contribution in [1.82, 2.24) is 5.32 Å². The number of rotatable bonds is 6. The van der Waals surface area contributed by atoms with E-state index < -0.39 is 12.0 Å². The molecule has 0 aliphatic heterocycles. The maximum atomic E-state index is 12.6. The number of benzene rings is 1. The van der Waals surface area contributed by atoms with Gasteiger partial charge in [-0.1, -0.05) is 17.7 Å². The molecular weight excluding hydrogens is 396 g/mol. The standard InChI is InChI=1S/C20H22N2O4S2/c1-3-26-20(25)22-18(24)17-14-5-4-6-15(14)28-19(17)21-16(23)11-27-13-9-7-12(2)8-10-13/h7-10H,3-6,11H2,1-2H3,(H,21,23)(H,22,24,25). The molecule has 28 heavy (non-hydrogen) atoms. The first kappa shape index (κ1) is 20.4. The van der Waals surface area contributed by atoms with Crippen molar-refractivity contribution in [2.75, 3.05) is 17.7 Å². The van der Waals surface area contributed by atoms with Crippen molar-refractivity contribution >= 4 is 46.0 Å². The summed E-state index contributed by atoms with van der Waals surface area (Å²) in [7, 11) is 0. The number of hydrogen-bond donors (Lipinski definition) is 2. The molecule has 0 saturated heterocycles. The molecule has 0 unspecified atom stereocenters. The summed E-state index contributed by atoms with van der Waals surface area (Å²) in [5, 5.41) is 5.59. The molecule has 1 aromatic heterocycles. The molecule has 8 heteroatoms. The zero-order valence-electron chi connectivity index (χ0n) is 15.8. The largest absolute Gasteiger partial charge is 0.450 e. The van der Waals surface area contributed by atoms with Gasteiger partial charge in [-0.3, -0.25) is 14.9 Å². The van der Waals surface area contributed by atoms with Crippen LogP contribution < -0.4 is 10.6 Å². The van der Waals surface area contributed by atoms with Gasteiger partial charge >= 0.3 is 6.09 Å². The molecule has 2 N–H and O–H groups in total. The average Bonchev–Trinajstić information content (AvgIpc) is 3.22. The van der Waals surface area contributed by atoms with Gasteiger partial charge in [-0.05, 0) is 50.8 Å². The number of thioether (sulfide) groups is 1. The molecule has 3 rings (SSSR count). The van der Waals surface area contributed by atoms with Crippen LogP contribution in [0, 0.1) is 6.92 Å². The van der Waals surface area contributed by atoms with Gasteiger partial charge in [0.1, 0.15) is 5.00 Å². The molecule has 0 fully saturated rings. The molecule has 2 aromatic rings. The lowest BCUT2D eigenvalue weighted by Gasteiger charge is -2.09. The number of carbonyl (C=O) groups excluding carboxylic acids is 3. The molecule has 0 saturated carbocycles. The summed E-state index contributed by atoms with van der Waals surface area (Å²) in [5.41, 5.74) is 2.48. The second kappa shape index (κ2) is 9.25. The molecule has 6 nitrogen and oxygen atoms in total. The number of imide groups is 1. The van der Waals surface area contributed by atoms with Crippen LogP contribution in [-0.4, -0.2) is 30.3 Å². The van der Waals surface area contributed by atoms with Crippen LogP contribution in [0.5, 0.6) is 0 Å². The van der Waals surface area contributed by atoms with Gasteiger partial charge in [0, 0.05) is 9.77 Å². The molecule has 148 valence electrons. The van der Waals surface area contributed by atoms with Crippen LogP contribution in [0.4, 0.5) is 9.80 Å². The van der Waals surface area contributed by atoms with Crippen molar-refractivity contribution in [1.29, 1.82) is 0 Å². The SMILES string of the molecule is CCOC(=O)NC(=O)c1c(NC(=O)CSc2ccc(C)cc2)sc2c1CCC2. The fourth-order valence-corrected chi connectivity index (χ4v) is 5.00. The Morgan fingerprint density at radius 1 is 1.18 bits per heavy atom. The minimum atomic E-state index is -0.780. The number of fused-ring (bicyclic) bond motifs is 1. The van der Waals surface area contributed by atoms with Crippen LogP contribution in [0.15, 0.2) is 29.2 Å². The molecule has 1 aromatic carbocycles. The van der Waals surface area contributed by atoms with E-state index in [2.05, 4.69) is 10.6 Å². The third kappa shape index (κ3) is 4.94. The van der Waals surface area contributed by atoms with Crippen LogP contribution >= 0.6 is 23.1 Å². The molecule has 1 aliphatic rings. The number of thiophene rings is 1. The summed E-state index contributed by atoms with van der Waals surface area (Å²) in [6.07, 6.45) is 1.84. The lowest BCUT2D eigenvalue weighted by Crippen LogP contribution is -2.32. The predicted molar refractivity (Wildman–Crippen MR) is 111 cm³/mol. The van der Waals surface area contributed by atoms with E-state index in [1.807, 2.05) is 31.2 Å². The number of nitrogens with one attached hydrogen (secondary N) is 2. The smallest absolute Gasteiger partial charge is 0.414 e. The van der Waals surface area contributed by atoms with Gasteiger partial charge in [0.2, 0.25) is 5.91 Å². The van der Waals surface area contributed by atoms with E-state index >= 15 is 0 Å². The number of ether oxygens (including phenoxy) is 1. The number of carbonyl (C=O) groups is 3. The first-order chi connectivity index (χ1) is 13.5. The third-order valence-electron chi connectivity index (χ3n) is 4.28.